The van der Waals surface area contributed by atoms with Gasteiger partial charge in [-0.25, -0.2) is 0 Å². The standard InChI is InChI=1S/C25H24ClN5O3.C18H20N2O3/c1-28-24(32)16-34-23-12-18(14-27)2-3-19(23)15-31-25(33)21-13-20(26)4-5-22(21)30-11-8-17-6-9-29-10-7-17;1-13-8-9-15(16(10-13)23-12-17(21)19-2)11-20-18(22)14-6-4-3-5-7-14/h2-7,9-10,12-13,30H,8,11,15-16H2,1H3,(H,28,32)(H,31,33);3-10H,11-12H2,1-2H3,(H,19,21)(H,20,22). The molecule has 1 aromatic heterocycles. The molecular weight excluding hydrogens is 746 g/mol. The Hall–Kier alpha value is -6.91. The molecule has 0 spiro atoms. The smallest absolute Gasteiger partial charge is 0.257 e. The number of nitrogens with one attached hydrogen (secondary N) is 5. The second kappa shape index (κ2) is 22.5. The summed E-state index contributed by atoms with van der Waals surface area (Å²) >= 11 is 6.15. The van der Waals surface area contributed by atoms with Gasteiger partial charge in [0.15, 0.2) is 13.2 Å². The summed E-state index contributed by atoms with van der Waals surface area (Å²) in [5.41, 5.74) is 5.66. The number of benzene rings is 4. The minimum absolute atomic E-state index is 0.0560. The van der Waals surface area contributed by atoms with Crippen molar-refractivity contribution in [3.8, 4) is 17.6 Å². The van der Waals surface area contributed by atoms with Crippen LogP contribution < -0.4 is 36.1 Å². The van der Waals surface area contributed by atoms with E-state index in [-0.39, 0.29) is 43.4 Å². The summed E-state index contributed by atoms with van der Waals surface area (Å²) < 4.78 is 11.1. The second-order valence-electron chi connectivity index (χ2n) is 12.4. The van der Waals surface area contributed by atoms with E-state index < -0.39 is 0 Å². The topological polar surface area (TPSA) is 184 Å². The molecule has 294 valence electrons. The lowest BCUT2D eigenvalue weighted by Crippen LogP contribution is -2.26. The van der Waals surface area contributed by atoms with Gasteiger partial charge in [0.25, 0.3) is 23.6 Å². The maximum Gasteiger partial charge on any atom is 0.257 e. The number of pyridine rings is 1. The Morgan fingerprint density at radius 1 is 0.737 bits per heavy atom. The van der Waals surface area contributed by atoms with Crippen LogP contribution in [0.15, 0.2) is 109 Å². The van der Waals surface area contributed by atoms with E-state index in [1.54, 1.807) is 61.9 Å². The van der Waals surface area contributed by atoms with Gasteiger partial charge in [0.05, 0.1) is 17.2 Å². The third-order valence-electron chi connectivity index (χ3n) is 8.31. The summed E-state index contributed by atoms with van der Waals surface area (Å²) in [6.45, 7) is 2.78. The zero-order chi connectivity index (χ0) is 41.0. The fraction of sp³-hybridized carbons (Fsp3) is 0.209. The molecule has 0 atom stereocenters. The average Bonchev–Trinajstić information content (AvgIpc) is 3.24. The normalized spacial score (nSPS) is 10.1. The summed E-state index contributed by atoms with van der Waals surface area (Å²) in [7, 11) is 3.06. The highest BCUT2D eigenvalue weighted by atomic mass is 35.5. The molecule has 5 aromatic rings. The number of aromatic nitrogens is 1. The van der Waals surface area contributed by atoms with Gasteiger partial charge in [-0.2, -0.15) is 5.26 Å². The number of amides is 4. The van der Waals surface area contributed by atoms with E-state index >= 15 is 0 Å². The zero-order valence-corrected chi connectivity index (χ0v) is 32.6. The molecule has 0 saturated heterocycles. The van der Waals surface area contributed by atoms with Crippen molar-refractivity contribution in [2.45, 2.75) is 26.4 Å². The van der Waals surface area contributed by atoms with Crippen LogP contribution in [0, 0.1) is 18.3 Å². The molecule has 1 heterocycles. The van der Waals surface area contributed by atoms with Crippen LogP contribution in [-0.4, -0.2) is 62.5 Å². The first-order valence-electron chi connectivity index (χ1n) is 17.9. The quantitative estimate of drug-likeness (QED) is 0.0878. The van der Waals surface area contributed by atoms with Crippen molar-refractivity contribution in [2.24, 2.45) is 0 Å². The molecule has 13 nitrogen and oxygen atoms in total. The molecule has 0 aliphatic heterocycles. The van der Waals surface area contributed by atoms with Crippen LogP contribution >= 0.6 is 11.6 Å². The van der Waals surface area contributed by atoms with E-state index in [0.717, 1.165) is 23.1 Å². The molecule has 0 unspecified atom stereocenters. The number of rotatable bonds is 16. The molecule has 0 saturated carbocycles. The van der Waals surface area contributed by atoms with Crippen LogP contribution in [0.3, 0.4) is 0 Å². The Morgan fingerprint density at radius 2 is 1.35 bits per heavy atom. The predicted molar refractivity (Wildman–Crippen MR) is 218 cm³/mol. The number of likely N-dealkylation sites (N-methyl/N-ethyl adjacent to an activating group) is 2. The number of ether oxygens (including phenoxy) is 2. The van der Waals surface area contributed by atoms with Crippen LogP contribution in [-0.2, 0) is 29.1 Å². The third kappa shape index (κ3) is 14.0. The van der Waals surface area contributed by atoms with Gasteiger partial charge in [0.2, 0.25) is 0 Å². The number of aryl methyl sites for hydroxylation is 1. The summed E-state index contributed by atoms with van der Waals surface area (Å²) in [4.78, 5) is 52.0. The summed E-state index contributed by atoms with van der Waals surface area (Å²) in [6.07, 6.45) is 4.25. The van der Waals surface area contributed by atoms with Gasteiger partial charge in [0, 0.05) is 73.5 Å². The van der Waals surface area contributed by atoms with E-state index in [1.807, 2.05) is 61.5 Å². The number of hydrogen-bond donors (Lipinski definition) is 5. The van der Waals surface area contributed by atoms with Gasteiger partial charge in [0.1, 0.15) is 11.5 Å². The number of nitriles is 1. The SMILES string of the molecule is CNC(=O)COc1cc(C#N)ccc1CNC(=O)c1cc(Cl)ccc1NCCc1ccncc1.CNC(=O)COc1cc(C)ccc1CNC(=O)c1ccccc1. The lowest BCUT2D eigenvalue weighted by Gasteiger charge is -2.15. The summed E-state index contributed by atoms with van der Waals surface area (Å²) in [5.74, 6) is -0.0322. The molecule has 4 amide bonds. The van der Waals surface area contributed by atoms with Crippen LogP contribution in [0.1, 0.15) is 48.5 Å². The van der Waals surface area contributed by atoms with Crippen molar-refractivity contribution in [3.05, 3.63) is 153 Å². The lowest BCUT2D eigenvalue weighted by molar-refractivity contribution is -0.123. The number of nitrogens with zero attached hydrogens (tertiary/aromatic N) is 2. The first-order valence-corrected chi connectivity index (χ1v) is 18.3. The van der Waals surface area contributed by atoms with Gasteiger partial charge in [-0.05, 0) is 85.1 Å². The predicted octanol–water partition coefficient (Wildman–Crippen LogP) is 5.37. The maximum atomic E-state index is 13.0. The number of carbonyl (C=O) groups is 4. The van der Waals surface area contributed by atoms with Gasteiger partial charge in [-0.3, -0.25) is 24.2 Å². The van der Waals surface area contributed by atoms with Crippen LogP contribution in [0.4, 0.5) is 5.69 Å². The zero-order valence-electron chi connectivity index (χ0n) is 31.9. The second-order valence-corrected chi connectivity index (χ2v) is 12.9. The van der Waals surface area contributed by atoms with Crippen molar-refractivity contribution in [2.75, 3.05) is 39.2 Å². The Labute approximate surface area is 336 Å². The molecule has 5 rings (SSSR count). The van der Waals surface area contributed by atoms with Crippen molar-refractivity contribution in [1.82, 2.24) is 26.3 Å². The van der Waals surface area contributed by atoms with Crippen molar-refractivity contribution in [1.29, 1.82) is 5.26 Å². The third-order valence-corrected chi connectivity index (χ3v) is 8.55. The van der Waals surface area contributed by atoms with Crippen LogP contribution in [0.2, 0.25) is 5.02 Å². The van der Waals surface area contributed by atoms with Gasteiger partial charge >= 0.3 is 0 Å². The van der Waals surface area contributed by atoms with E-state index in [9.17, 15) is 19.2 Å². The number of hydrogen-bond acceptors (Lipinski definition) is 9. The molecule has 4 aromatic carbocycles. The molecule has 5 N–H and O–H groups in total. The van der Waals surface area contributed by atoms with Crippen molar-refractivity contribution >= 4 is 40.9 Å². The lowest BCUT2D eigenvalue weighted by atomic mass is 10.1. The highest BCUT2D eigenvalue weighted by Gasteiger charge is 2.15. The van der Waals surface area contributed by atoms with E-state index in [2.05, 4.69) is 31.6 Å². The highest BCUT2D eigenvalue weighted by molar-refractivity contribution is 6.31. The molecule has 14 heteroatoms. The van der Waals surface area contributed by atoms with E-state index in [0.29, 0.717) is 57.6 Å². The van der Waals surface area contributed by atoms with Gasteiger partial charge < -0.3 is 36.1 Å². The van der Waals surface area contributed by atoms with Crippen LogP contribution in [0.25, 0.3) is 0 Å². The fourth-order valence-electron chi connectivity index (χ4n) is 5.16. The molecule has 0 aliphatic carbocycles. The average molecular weight is 790 g/mol. The monoisotopic (exact) mass is 789 g/mol. The Kier molecular flexibility index (Phi) is 16.9. The van der Waals surface area contributed by atoms with Crippen LogP contribution in [0.5, 0.6) is 11.5 Å². The first-order chi connectivity index (χ1) is 27.6. The highest BCUT2D eigenvalue weighted by Crippen LogP contribution is 2.24. The first kappa shape index (κ1) is 42.8. The van der Waals surface area contributed by atoms with Crippen molar-refractivity contribution < 1.29 is 28.7 Å². The Morgan fingerprint density at radius 3 is 1.98 bits per heavy atom. The minimum atomic E-state index is -0.324. The molecule has 0 bridgehead atoms. The molecule has 57 heavy (non-hydrogen) atoms. The van der Waals surface area contributed by atoms with Gasteiger partial charge in [-0.15, -0.1) is 0 Å². The van der Waals surface area contributed by atoms with E-state index in [4.69, 9.17) is 26.3 Å². The number of halogens is 1. The van der Waals surface area contributed by atoms with E-state index in [1.165, 1.54) is 13.1 Å². The number of carbonyl (C=O) groups excluding carboxylic acids is 4. The summed E-state index contributed by atoms with van der Waals surface area (Å²) in [5, 5.41) is 23.6. The molecule has 0 radical (unpaired) electrons. The fourth-order valence-corrected chi connectivity index (χ4v) is 5.34. The van der Waals surface area contributed by atoms with Gasteiger partial charge in [-0.1, -0.05) is 48.0 Å². The van der Waals surface area contributed by atoms with Crippen molar-refractivity contribution in [3.63, 3.8) is 0 Å². The molecule has 0 aliphatic rings. The summed E-state index contributed by atoms with van der Waals surface area (Å²) in [6, 6.07) is 30.6. The Bertz CT molecular complexity index is 2180. The molecular formula is C43H44ClN7O6. The molecule has 0 fully saturated rings. The minimum Gasteiger partial charge on any atom is -0.483 e. The largest absolute Gasteiger partial charge is 0.483 e. The number of anilines is 1. The maximum absolute atomic E-state index is 13.0. The Balaban J connectivity index is 0.000000273.